The molecule has 0 aliphatic carbocycles. The van der Waals surface area contributed by atoms with Crippen LogP contribution in [0.4, 0.5) is 0 Å². The molecule has 2 heterocycles. The molecular weight excluding hydrogens is 252 g/mol. The lowest BCUT2D eigenvalue weighted by Crippen LogP contribution is -2.10. The maximum atomic E-state index is 11.9. The number of halogens is 1. The molecule has 1 aliphatic rings. The highest BCUT2D eigenvalue weighted by Gasteiger charge is 2.19. The monoisotopic (exact) mass is 270 g/mol. The van der Waals surface area contributed by atoms with E-state index in [9.17, 15) is 4.79 Å². The number of aryl methyl sites for hydroxylation is 2. The minimum absolute atomic E-state index is 0.212. The Labute approximate surface area is 112 Å². The van der Waals surface area contributed by atoms with Crippen molar-refractivity contribution in [1.82, 2.24) is 9.78 Å². The van der Waals surface area contributed by atoms with Crippen LogP contribution >= 0.6 is 11.6 Å². The normalized spacial score (nSPS) is 19.4. The van der Waals surface area contributed by atoms with Crippen molar-refractivity contribution >= 4 is 17.4 Å². The fourth-order valence-electron chi connectivity index (χ4n) is 2.35. The Bertz CT molecular complexity index is 436. The number of nitrogens with zero attached hydrogens (tertiary/aromatic N) is 2. The zero-order valence-electron chi connectivity index (χ0n) is 10.9. The van der Waals surface area contributed by atoms with Crippen molar-refractivity contribution in [3.8, 4) is 0 Å². The first-order valence-electron chi connectivity index (χ1n) is 6.39. The van der Waals surface area contributed by atoms with E-state index in [2.05, 4.69) is 5.10 Å². The van der Waals surface area contributed by atoms with Crippen molar-refractivity contribution in [3.63, 3.8) is 0 Å². The van der Waals surface area contributed by atoms with Crippen molar-refractivity contribution < 1.29 is 9.53 Å². The second-order valence-corrected chi connectivity index (χ2v) is 5.23. The number of hydrogen-bond acceptors (Lipinski definition) is 3. The molecule has 0 amide bonds. The van der Waals surface area contributed by atoms with E-state index in [1.165, 1.54) is 0 Å². The minimum Gasteiger partial charge on any atom is -0.378 e. The molecular formula is C13H19ClN2O2. The highest BCUT2D eigenvalue weighted by Crippen LogP contribution is 2.21. The molecule has 0 bridgehead atoms. The Morgan fingerprint density at radius 1 is 1.61 bits per heavy atom. The number of aromatic nitrogens is 2. The Kier molecular flexibility index (Phi) is 4.40. The number of hydrogen-bond donors (Lipinski definition) is 0. The Morgan fingerprint density at radius 2 is 2.39 bits per heavy atom. The zero-order chi connectivity index (χ0) is 13.1. The van der Waals surface area contributed by atoms with Gasteiger partial charge in [0.15, 0.2) is 0 Å². The summed E-state index contributed by atoms with van der Waals surface area (Å²) in [6, 6.07) is 0. The maximum Gasteiger partial charge on any atom is 0.137 e. The van der Waals surface area contributed by atoms with Crippen LogP contribution < -0.4 is 0 Å². The molecule has 1 aromatic rings. The van der Waals surface area contributed by atoms with Gasteiger partial charge in [0.1, 0.15) is 10.9 Å². The van der Waals surface area contributed by atoms with Gasteiger partial charge in [-0.1, -0.05) is 11.6 Å². The van der Waals surface area contributed by atoms with Crippen LogP contribution in [-0.2, 0) is 23.0 Å². The summed E-state index contributed by atoms with van der Waals surface area (Å²) >= 11 is 6.11. The van der Waals surface area contributed by atoms with E-state index in [-0.39, 0.29) is 11.9 Å². The van der Waals surface area contributed by atoms with Gasteiger partial charge in [-0.15, -0.1) is 0 Å². The first-order chi connectivity index (χ1) is 8.58. The molecule has 1 atom stereocenters. The van der Waals surface area contributed by atoms with Gasteiger partial charge in [0, 0.05) is 32.1 Å². The summed E-state index contributed by atoms with van der Waals surface area (Å²) in [6.07, 6.45) is 4.25. The van der Waals surface area contributed by atoms with Gasteiger partial charge in [-0.3, -0.25) is 9.48 Å². The molecule has 100 valence electrons. The number of rotatable bonds is 5. The van der Waals surface area contributed by atoms with E-state index in [0.717, 1.165) is 37.1 Å². The lowest BCUT2D eigenvalue weighted by molar-refractivity contribution is -0.119. The third kappa shape index (κ3) is 3.12. The molecule has 0 radical (unpaired) electrons. The van der Waals surface area contributed by atoms with Gasteiger partial charge in [0.05, 0.1) is 11.8 Å². The highest BCUT2D eigenvalue weighted by molar-refractivity contribution is 6.30. The van der Waals surface area contributed by atoms with Crippen LogP contribution in [0.15, 0.2) is 0 Å². The van der Waals surface area contributed by atoms with Gasteiger partial charge in [0.2, 0.25) is 0 Å². The number of carbonyl (C=O) groups excluding carboxylic acids is 1. The Morgan fingerprint density at radius 3 is 2.94 bits per heavy atom. The number of carbonyl (C=O) groups is 1. The summed E-state index contributed by atoms with van der Waals surface area (Å²) in [5, 5.41) is 4.78. The SMILES string of the molecule is Cc1nn(C)c(Cl)c1CC(=O)CCC1CCCO1. The van der Waals surface area contributed by atoms with Crippen molar-refractivity contribution in [1.29, 1.82) is 0 Å². The summed E-state index contributed by atoms with van der Waals surface area (Å²) in [7, 11) is 1.79. The van der Waals surface area contributed by atoms with Crippen molar-refractivity contribution in [2.24, 2.45) is 7.05 Å². The van der Waals surface area contributed by atoms with E-state index in [1.54, 1.807) is 11.7 Å². The molecule has 5 heteroatoms. The average Bonchev–Trinajstić information content (AvgIpc) is 2.92. The van der Waals surface area contributed by atoms with Crippen molar-refractivity contribution in [2.75, 3.05) is 6.61 Å². The predicted octanol–water partition coefficient (Wildman–Crippen LogP) is 2.45. The van der Waals surface area contributed by atoms with Crippen molar-refractivity contribution in [3.05, 3.63) is 16.4 Å². The van der Waals surface area contributed by atoms with Gasteiger partial charge in [-0.2, -0.15) is 5.10 Å². The van der Waals surface area contributed by atoms with E-state index in [1.807, 2.05) is 6.92 Å². The first-order valence-corrected chi connectivity index (χ1v) is 6.77. The molecule has 0 N–H and O–H groups in total. The first kappa shape index (κ1) is 13.6. The van der Waals surface area contributed by atoms with E-state index >= 15 is 0 Å². The summed E-state index contributed by atoms with van der Waals surface area (Å²) in [5.74, 6) is 0.212. The van der Waals surface area contributed by atoms with Crippen LogP contribution in [0.2, 0.25) is 5.15 Å². The van der Waals surface area contributed by atoms with Gasteiger partial charge in [0.25, 0.3) is 0 Å². The van der Waals surface area contributed by atoms with Crippen LogP contribution in [0.25, 0.3) is 0 Å². The summed E-state index contributed by atoms with van der Waals surface area (Å²) in [4.78, 5) is 11.9. The molecule has 1 unspecified atom stereocenters. The largest absolute Gasteiger partial charge is 0.378 e. The second-order valence-electron chi connectivity index (χ2n) is 4.87. The number of ketones is 1. The molecule has 0 aromatic carbocycles. The van der Waals surface area contributed by atoms with Crippen LogP contribution in [0, 0.1) is 6.92 Å². The lowest BCUT2D eigenvalue weighted by atomic mass is 10.0. The van der Waals surface area contributed by atoms with Crippen LogP contribution in [0.1, 0.15) is 36.9 Å². The van der Waals surface area contributed by atoms with Crippen LogP contribution in [-0.4, -0.2) is 28.3 Å². The van der Waals surface area contributed by atoms with Gasteiger partial charge in [-0.05, 0) is 26.2 Å². The molecule has 1 fully saturated rings. The molecule has 0 spiro atoms. The van der Waals surface area contributed by atoms with Gasteiger partial charge < -0.3 is 4.74 Å². The van der Waals surface area contributed by atoms with E-state index in [0.29, 0.717) is 18.0 Å². The fraction of sp³-hybridized carbons (Fsp3) is 0.692. The van der Waals surface area contributed by atoms with Crippen LogP contribution in [0.3, 0.4) is 0 Å². The highest BCUT2D eigenvalue weighted by atomic mass is 35.5. The second kappa shape index (κ2) is 5.85. The van der Waals surface area contributed by atoms with Gasteiger partial charge in [-0.25, -0.2) is 0 Å². The van der Waals surface area contributed by atoms with Crippen LogP contribution in [0.5, 0.6) is 0 Å². The minimum atomic E-state index is 0.212. The lowest BCUT2D eigenvalue weighted by Gasteiger charge is -2.08. The molecule has 1 aromatic heterocycles. The molecule has 0 saturated carbocycles. The zero-order valence-corrected chi connectivity index (χ0v) is 11.7. The summed E-state index contributed by atoms with van der Waals surface area (Å²) in [6.45, 7) is 2.72. The average molecular weight is 271 g/mol. The Hall–Kier alpha value is -0.870. The maximum absolute atomic E-state index is 11.9. The third-order valence-electron chi connectivity index (χ3n) is 3.41. The predicted molar refractivity (Wildman–Crippen MR) is 69.9 cm³/mol. The van der Waals surface area contributed by atoms with Gasteiger partial charge >= 0.3 is 0 Å². The molecule has 4 nitrogen and oxygen atoms in total. The molecule has 1 saturated heterocycles. The third-order valence-corrected chi connectivity index (χ3v) is 3.89. The van der Waals surface area contributed by atoms with Crippen molar-refractivity contribution in [2.45, 2.75) is 45.1 Å². The summed E-state index contributed by atoms with van der Waals surface area (Å²) < 4.78 is 7.12. The molecule has 18 heavy (non-hydrogen) atoms. The summed E-state index contributed by atoms with van der Waals surface area (Å²) in [5.41, 5.74) is 1.70. The number of ether oxygens (including phenoxy) is 1. The topological polar surface area (TPSA) is 44.1 Å². The fourth-order valence-corrected chi connectivity index (χ4v) is 2.60. The molecule has 2 rings (SSSR count). The quantitative estimate of drug-likeness (QED) is 0.826. The number of Topliss-reactive ketones (excluding diaryl/α,β-unsaturated/α-hetero) is 1. The van der Waals surface area contributed by atoms with E-state index < -0.39 is 0 Å². The Balaban J connectivity index is 1.86. The van der Waals surface area contributed by atoms with E-state index in [4.69, 9.17) is 16.3 Å². The standard InChI is InChI=1S/C13H19ClN2O2/c1-9-12(13(14)16(2)15-9)8-10(17)5-6-11-4-3-7-18-11/h11H,3-8H2,1-2H3. The smallest absolute Gasteiger partial charge is 0.137 e. The molecule has 1 aliphatic heterocycles.